The van der Waals surface area contributed by atoms with Crippen molar-refractivity contribution < 1.29 is 0 Å². The second-order valence-electron chi connectivity index (χ2n) is 5.35. The second-order valence-corrected chi connectivity index (χ2v) is 5.35. The average molecular weight is 247 g/mol. The van der Waals surface area contributed by atoms with Crippen LogP contribution in [0.1, 0.15) is 37.8 Å². The van der Waals surface area contributed by atoms with Crippen LogP contribution >= 0.6 is 0 Å². The molecule has 0 aromatic carbocycles. The lowest BCUT2D eigenvalue weighted by Gasteiger charge is -2.17. The van der Waals surface area contributed by atoms with Gasteiger partial charge in [-0.3, -0.25) is 4.98 Å². The highest BCUT2D eigenvalue weighted by Gasteiger charge is 2.13. The molecule has 100 valence electrons. The Bertz CT molecular complexity index is 320. The number of rotatable bonds is 7. The van der Waals surface area contributed by atoms with Crippen LogP contribution in [-0.2, 0) is 6.54 Å². The van der Waals surface area contributed by atoms with Crippen LogP contribution in [0.5, 0.6) is 0 Å². The fourth-order valence-corrected chi connectivity index (χ4v) is 2.63. The molecule has 1 aromatic rings. The monoisotopic (exact) mass is 247 g/mol. The quantitative estimate of drug-likeness (QED) is 0.750. The predicted octanol–water partition coefficient (Wildman–Crippen LogP) is 2.44. The van der Waals surface area contributed by atoms with Gasteiger partial charge in [-0.15, -0.1) is 0 Å². The van der Waals surface area contributed by atoms with Gasteiger partial charge >= 0.3 is 0 Å². The fourth-order valence-electron chi connectivity index (χ4n) is 2.63. The zero-order valence-electron chi connectivity index (χ0n) is 11.4. The van der Waals surface area contributed by atoms with Crippen LogP contribution in [0, 0.1) is 0 Å². The third-order valence-electron chi connectivity index (χ3n) is 3.66. The van der Waals surface area contributed by atoms with Crippen LogP contribution in [-0.4, -0.2) is 36.1 Å². The van der Waals surface area contributed by atoms with E-state index in [0.29, 0.717) is 0 Å². The number of nitrogens with zero attached hydrogens (tertiary/aromatic N) is 2. The van der Waals surface area contributed by atoms with Gasteiger partial charge in [-0.1, -0.05) is 18.9 Å². The minimum absolute atomic E-state index is 0.797. The van der Waals surface area contributed by atoms with Crippen molar-refractivity contribution in [2.24, 2.45) is 0 Å². The molecule has 18 heavy (non-hydrogen) atoms. The Morgan fingerprint density at radius 2 is 2.17 bits per heavy atom. The summed E-state index contributed by atoms with van der Waals surface area (Å²) in [5.41, 5.74) is 1.16. The van der Waals surface area contributed by atoms with Crippen molar-refractivity contribution in [1.82, 2.24) is 15.2 Å². The maximum atomic E-state index is 4.35. The lowest BCUT2D eigenvalue weighted by atomic mass is 10.2. The van der Waals surface area contributed by atoms with Gasteiger partial charge in [0.15, 0.2) is 0 Å². The molecule has 0 amide bonds. The zero-order valence-corrected chi connectivity index (χ0v) is 11.4. The summed E-state index contributed by atoms with van der Waals surface area (Å²) < 4.78 is 0. The molecule has 0 unspecified atom stereocenters. The Labute approximate surface area is 111 Å². The zero-order chi connectivity index (χ0) is 12.6. The molecule has 1 aliphatic carbocycles. The molecule has 2 rings (SSSR count). The van der Waals surface area contributed by atoms with Crippen molar-refractivity contribution >= 4 is 0 Å². The highest BCUT2D eigenvalue weighted by Crippen LogP contribution is 2.17. The molecule has 3 heteroatoms. The van der Waals surface area contributed by atoms with E-state index in [1.54, 1.807) is 0 Å². The van der Waals surface area contributed by atoms with Gasteiger partial charge in [-0.05, 0) is 51.5 Å². The lowest BCUT2D eigenvalue weighted by Crippen LogP contribution is -2.29. The third kappa shape index (κ3) is 4.75. The standard InChI is InChI=1S/C15H25N3/c1-18(13-15-9-4-5-10-17-15)12-6-11-16-14-7-2-3-8-14/h4-5,9-10,14,16H,2-3,6-8,11-13H2,1H3. The maximum Gasteiger partial charge on any atom is 0.0543 e. The van der Waals surface area contributed by atoms with Crippen molar-refractivity contribution in [2.45, 2.75) is 44.7 Å². The van der Waals surface area contributed by atoms with Crippen LogP contribution in [0.3, 0.4) is 0 Å². The molecule has 0 spiro atoms. The molecular formula is C15H25N3. The smallest absolute Gasteiger partial charge is 0.0543 e. The first-order valence-electron chi connectivity index (χ1n) is 7.16. The number of hydrogen-bond donors (Lipinski definition) is 1. The molecule has 1 aliphatic rings. The molecule has 0 atom stereocenters. The van der Waals surface area contributed by atoms with E-state index < -0.39 is 0 Å². The normalized spacial score (nSPS) is 16.6. The average Bonchev–Trinajstić information content (AvgIpc) is 2.89. The van der Waals surface area contributed by atoms with Gasteiger partial charge in [0, 0.05) is 18.8 Å². The van der Waals surface area contributed by atoms with Gasteiger partial charge in [0.2, 0.25) is 0 Å². The molecule has 0 bridgehead atoms. The number of pyridine rings is 1. The van der Waals surface area contributed by atoms with Crippen molar-refractivity contribution in [3.05, 3.63) is 30.1 Å². The highest BCUT2D eigenvalue weighted by atomic mass is 15.1. The number of aromatic nitrogens is 1. The van der Waals surface area contributed by atoms with Crippen LogP contribution in [0.2, 0.25) is 0 Å². The summed E-state index contributed by atoms with van der Waals surface area (Å²) in [5, 5.41) is 3.66. The first-order valence-corrected chi connectivity index (χ1v) is 7.16. The van der Waals surface area contributed by atoms with Crippen LogP contribution < -0.4 is 5.32 Å². The highest BCUT2D eigenvalue weighted by molar-refractivity contribution is 5.02. The van der Waals surface area contributed by atoms with Gasteiger partial charge in [0.25, 0.3) is 0 Å². The summed E-state index contributed by atoms with van der Waals surface area (Å²) in [4.78, 5) is 6.70. The van der Waals surface area contributed by atoms with Crippen LogP contribution in [0.15, 0.2) is 24.4 Å². The molecule has 0 aliphatic heterocycles. The first-order chi connectivity index (χ1) is 8.84. The summed E-state index contributed by atoms with van der Waals surface area (Å²) in [6.45, 7) is 3.23. The molecule has 1 N–H and O–H groups in total. The van der Waals surface area contributed by atoms with Gasteiger partial charge in [-0.25, -0.2) is 0 Å². The Balaban J connectivity index is 1.55. The molecular weight excluding hydrogens is 222 g/mol. The van der Waals surface area contributed by atoms with E-state index in [-0.39, 0.29) is 0 Å². The molecule has 1 fully saturated rings. The van der Waals surface area contributed by atoms with E-state index in [2.05, 4.69) is 34.4 Å². The maximum absolute atomic E-state index is 4.35. The number of nitrogens with one attached hydrogen (secondary N) is 1. The van der Waals surface area contributed by atoms with Gasteiger partial charge < -0.3 is 10.2 Å². The fraction of sp³-hybridized carbons (Fsp3) is 0.667. The van der Waals surface area contributed by atoms with Crippen molar-refractivity contribution in [3.8, 4) is 0 Å². The van der Waals surface area contributed by atoms with Gasteiger partial charge in [0.1, 0.15) is 0 Å². The summed E-state index contributed by atoms with van der Waals surface area (Å²) in [6, 6.07) is 6.91. The Morgan fingerprint density at radius 1 is 1.33 bits per heavy atom. The predicted molar refractivity (Wildman–Crippen MR) is 75.4 cm³/mol. The van der Waals surface area contributed by atoms with E-state index in [0.717, 1.165) is 31.4 Å². The van der Waals surface area contributed by atoms with Gasteiger partial charge in [0.05, 0.1) is 5.69 Å². The molecule has 1 heterocycles. The van der Waals surface area contributed by atoms with E-state index in [1.165, 1.54) is 32.1 Å². The first kappa shape index (κ1) is 13.5. The SMILES string of the molecule is CN(CCCNC1CCCC1)Cc1ccccn1. The largest absolute Gasteiger partial charge is 0.314 e. The van der Waals surface area contributed by atoms with Crippen molar-refractivity contribution in [3.63, 3.8) is 0 Å². The van der Waals surface area contributed by atoms with Crippen molar-refractivity contribution in [1.29, 1.82) is 0 Å². The molecule has 3 nitrogen and oxygen atoms in total. The second kappa shape index (κ2) is 7.49. The van der Waals surface area contributed by atoms with Crippen LogP contribution in [0.25, 0.3) is 0 Å². The summed E-state index contributed by atoms with van der Waals surface area (Å²) in [7, 11) is 2.17. The summed E-state index contributed by atoms with van der Waals surface area (Å²) in [6.07, 6.45) is 8.67. The van der Waals surface area contributed by atoms with E-state index >= 15 is 0 Å². The third-order valence-corrected chi connectivity index (χ3v) is 3.66. The Hall–Kier alpha value is -0.930. The molecule has 0 saturated heterocycles. The molecule has 0 radical (unpaired) electrons. The summed E-state index contributed by atoms with van der Waals surface area (Å²) >= 11 is 0. The van der Waals surface area contributed by atoms with E-state index in [9.17, 15) is 0 Å². The summed E-state index contributed by atoms with van der Waals surface area (Å²) in [5.74, 6) is 0. The Kier molecular flexibility index (Phi) is 5.62. The molecule has 1 aromatic heterocycles. The minimum atomic E-state index is 0.797. The molecule has 1 saturated carbocycles. The van der Waals surface area contributed by atoms with Crippen LogP contribution in [0.4, 0.5) is 0 Å². The van der Waals surface area contributed by atoms with Crippen molar-refractivity contribution in [2.75, 3.05) is 20.1 Å². The van der Waals surface area contributed by atoms with E-state index in [4.69, 9.17) is 0 Å². The van der Waals surface area contributed by atoms with Gasteiger partial charge in [-0.2, -0.15) is 0 Å². The minimum Gasteiger partial charge on any atom is -0.314 e. The number of hydrogen-bond acceptors (Lipinski definition) is 3. The lowest BCUT2D eigenvalue weighted by molar-refractivity contribution is 0.313. The topological polar surface area (TPSA) is 28.2 Å². The van der Waals surface area contributed by atoms with E-state index in [1.807, 2.05) is 12.3 Å². The Morgan fingerprint density at radius 3 is 2.89 bits per heavy atom.